The van der Waals surface area contributed by atoms with Crippen LogP contribution in [0.25, 0.3) is 5.53 Å². The number of carbonyl (C=O) groups excluding carboxylic acids is 1. The summed E-state index contributed by atoms with van der Waals surface area (Å²) in [5.74, 6) is -0.361. The molecule has 1 aromatic carbocycles. The summed E-state index contributed by atoms with van der Waals surface area (Å²) in [5, 5.41) is 5.92. The highest BCUT2D eigenvalue weighted by atomic mass is 32.1. The Morgan fingerprint density at radius 1 is 1.44 bits per heavy atom. The Labute approximate surface area is 98.1 Å². The predicted octanol–water partition coefficient (Wildman–Crippen LogP) is 0.843. The summed E-state index contributed by atoms with van der Waals surface area (Å²) in [7, 11) is 0. The molecule has 0 radical (unpaired) electrons. The van der Waals surface area contributed by atoms with Crippen LogP contribution in [0.3, 0.4) is 0 Å². The first-order valence-electron chi connectivity index (χ1n) is 4.52. The van der Waals surface area contributed by atoms with Gasteiger partial charge in [0, 0.05) is 5.69 Å². The number of anilines is 1. The number of hydrogen-bond acceptors (Lipinski definition) is 2. The zero-order chi connectivity index (χ0) is 11.8. The molecule has 6 heteroatoms. The van der Waals surface area contributed by atoms with Crippen molar-refractivity contribution in [3.05, 3.63) is 35.9 Å². The third kappa shape index (κ3) is 4.45. The molecule has 16 heavy (non-hydrogen) atoms. The average molecular weight is 234 g/mol. The highest BCUT2D eigenvalue weighted by Gasteiger charge is 2.03. The lowest BCUT2D eigenvalue weighted by Gasteiger charge is -2.07. The third-order valence-electron chi connectivity index (χ3n) is 1.66. The highest BCUT2D eigenvalue weighted by Crippen LogP contribution is 2.03. The normalized spacial score (nSPS) is 8.75. The van der Waals surface area contributed by atoms with Crippen LogP contribution in [0.15, 0.2) is 30.3 Å². The van der Waals surface area contributed by atoms with Gasteiger partial charge in [-0.25, -0.2) is 0 Å². The quantitative estimate of drug-likeness (QED) is 0.350. The largest absolute Gasteiger partial charge is 0.361 e. The standard InChI is InChI=1S/C10H10N4OS/c11-13-7-9(15)6-12-10(16)14-8-4-2-1-3-5-8/h1-5,7H,6H2,(H2,12,14,16). The van der Waals surface area contributed by atoms with Crippen molar-refractivity contribution in [2.75, 3.05) is 11.9 Å². The van der Waals surface area contributed by atoms with Crippen molar-refractivity contribution in [1.29, 1.82) is 0 Å². The van der Waals surface area contributed by atoms with Crippen LogP contribution < -0.4 is 10.6 Å². The average Bonchev–Trinajstić information content (AvgIpc) is 2.28. The van der Waals surface area contributed by atoms with Crippen LogP contribution in [0.2, 0.25) is 0 Å². The summed E-state index contributed by atoms with van der Waals surface area (Å²) in [6.07, 6.45) is 0.818. The van der Waals surface area contributed by atoms with E-state index >= 15 is 0 Å². The molecule has 1 rings (SSSR count). The molecule has 0 atom stereocenters. The van der Waals surface area contributed by atoms with Gasteiger partial charge in [-0.05, 0) is 24.4 Å². The minimum atomic E-state index is -0.361. The zero-order valence-corrected chi connectivity index (χ0v) is 9.20. The molecular weight excluding hydrogens is 224 g/mol. The lowest BCUT2D eigenvalue weighted by Crippen LogP contribution is -2.33. The van der Waals surface area contributed by atoms with Crippen LogP contribution in [0.1, 0.15) is 0 Å². The van der Waals surface area contributed by atoms with E-state index in [0.717, 1.165) is 11.9 Å². The SMILES string of the molecule is [N-]=[N+]=CC(=O)CNC(=S)Nc1ccccc1. The highest BCUT2D eigenvalue weighted by molar-refractivity contribution is 7.80. The van der Waals surface area contributed by atoms with Crippen LogP contribution in [0.4, 0.5) is 5.69 Å². The predicted molar refractivity (Wildman–Crippen MR) is 65.4 cm³/mol. The number of rotatable bonds is 4. The molecule has 1 aromatic rings. The van der Waals surface area contributed by atoms with Crippen LogP contribution in [0.5, 0.6) is 0 Å². The molecule has 0 aliphatic carbocycles. The molecule has 2 N–H and O–H groups in total. The van der Waals surface area contributed by atoms with Crippen LogP contribution in [0, 0.1) is 0 Å². The molecule has 0 aliphatic heterocycles. The summed E-state index contributed by atoms with van der Waals surface area (Å²) in [5.41, 5.74) is 8.95. The van der Waals surface area contributed by atoms with Crippen molar-refractivity contribution in [2.45, 2.75) is 0 Å². The molecule has 0 bridgehead atoms. The van der Waals surface area contributed by atoms with Gasteiger partial charge < -0.3 is 16.2 Å². The number of ketones is 1. The Bertz CT molecular complexity index is 426. The van der Waals surface area contributed by atoms with Crippen molar-refractivity contribution >= 4 is 35.0 Å². The van der Waals surface area contributed by atoms with Gasteiger partial charge in [0.15, 0.2) is 5.11 Å². The summed E-state index contributed by atoms with van der Waals surface area (Å²) < 4.78 is 0. The molecule has 0 spiro atoms. The van der Waals surface area contributed by atoms with Crippen molar-refractivity contribution in [3.63, 3.8) is 0 Å². The number of para-hydroxylation sites is 1. The summed E-state index contributed by atoms with van der Waals surface area (Å²) in [4.78, 5) is 13.6. The molecule has 0 unspecified atom stereocenters. The summed E-state index contributed by atoms with van der Waals surface area (Å²) in [6.45, 7) is -0.0112. The van der Waals surface area contributed by atoms with Crippen LogP contribution in [-0.4, -0.2) is 28.4 Å². The fourth-order valence-electron chi connectivity index (χ4n) is 0.974. The fourth-order valence-corrected chi connectivity index (χ4v) is 1.16. The number of Topliss-reactive ketones (excluding diaryl/α,β-unsaturated/α-hetero) is 1. The Kier molecular flexibility index (Phi) is 4.85. The topological polar surface area (TPSA) is 77.5 Å². The second kappa shape index (κ2) is 6.44. The Morgan fingerprint density at radius 3 is 2.75 bits per heavy atom. The van der Waals surface area contributed by atoms with E-state index in [-0.39, 0.29) is 12.3 Å². The molecule has 82 valence electrons. The van der Waals surface area contributed by atoms with Gasteiger partial charge in [0.1, 0.15) is 0 Å². The summed E-state index contributed by atoms with van der Waals surface area (Å²) >= 11 is 4.96. The lowest BCUT2D eigenvalue weighted by molar-refractivity contribution is -0.115. The van der Waals surface area contributed by atoms with Gasteiger partial charge in [0.25, 0.3) is 5.78 Å². The van der Waals surface area contributed by atoms with Crippen LogP contribution in [-0.2, 0) is 4.79 Å². The van der Waals surface area contributed by atoms with E-state index in [4.69, 9.17) is 17.7 Å². The number of thiocarbonyl (C=S) groups is 1. The molecular formula is C10H10N4OS. The van der Waals surface area contributed by atoms with Crippen molar-refractivity contribution in [3.8, 4) is 0 Å². The Hall–Kier alpha value is -2.04. The van der Waals surface area contributed by atoms with Gasteiger partial charge in [-0.1, -0.05) is 18.2 Å². The molecule has 0 aliphatic rings. The minimum absolute atomic E-state index is 0.0112. The number of benzene rings is 1. The second-order valence-corrected chi connectivity index (χ2v) is 3.29. The molecule has 0 saturated heterocycles. The van der Waals surface area contributed by atoms with Gasteiger partial charge in [0.05, 0.1) is 6.54 Å². The number of nitrogens with one attached hydrogen (secondary N) is 2. The van der Waals surface area contributed by atoms with Crippen LogP contribution >= 0.6 is 12.2 Å². The van der Waals surface area contributed by atoms with Crippen molar-refractivity contribution in [1.82, 2.24) is 5.32 Å². The minimum Gasteiger partial charge on any atom is -0.361 e. The lowest BCUT2D eigenvalue weighted by atomic mass is 10.3. The maximum Gasteiger partial charge on any atom is 0.325 e. The van der Waals surface area contributed by atoms with E-state index in [1.165, 1.54) is 0 Å². The Balaban J connectivity index is 2.37. The van der Waals surface area contributed by atoms with Crippen molar-refractivity contribution in [2.24, 2.45) is 0 Å². The molecule has 0 fully saturated rings. The van der Waals surface area contributed by atoms with Gasteiger partial charge in [-0.3, -0.25) is 4.79 Å². The van der Waals surface area contributed by atoms with E-state index in [9.17, 15) is 4.79 Å². The fraction of sp³-hybridized carbons (Fsp3) is 0.100. The molecule has 0 saturated carbocycles. The Morgan fingerprint density at radius 2 is 2.12 bits per heavy atom. The van der Waals surface area contributed by atoms with Gasteiger partial charge in [-0.15, -0.1) is 0 Å². The van der Waals surface area contributed by atoms with E-state index < -0.39 is 0 Å². The van der Waals surface area contributed by atoms with E-state index in [1.54, 1.807) is 0 Å². The second-order valence-electron chi connectivity index (χ2n) is 2.88. The molecule has 0 aromatic heterocycles. The van der Waals surface area contributed by atoms with Crippen molar-refractivity contribution < 1.29 is 9.58 Å². The van der Waals surface area contributed by atoms with Gasteiger partial charge in [-0.2, -0.15) is 4.79 Å². The van der Waals surface area contributed by atoms with E-state index in [1.807, 2.05) is 30.3 Å². The smallest absolute Gasteiger partial charge is 0.325 e. The number of nitrogens with zero attached hydrogens (tertiary/aromatic N) is 2. The maximum atomic E-state index is 10.9. The number of hydrogen-bond donors (Lipinski definition) is 2. The maximum absolute atomic E-state index is 10.9. The zero-order valence-electron chi connectivity index (χ0n) is 8.38. The molecule has 0 heterocycles. The monoisotopic (exact) mass is 234 g/mol. The first kappa shape index (κ1) is 12.0. The molecule has 0 amide bonds. The first-order valence-corrected chi connectivity index (χ1v) is 4.93. The number of carbonyl (C=O) groups is 1. The molecule has 5 nitrogen and oxygen atoms in total. The van der Waals surface area contributed by atoms with Gasteiger partial charge in [0.2, 0.25) is 0 Å². The van der Waals surface area contributed by atoms with E-state index in [0.29, 0.717) is 5.11 Å². The van der Waals surface area contributed by atoms with E-state index in [2.05, 4.69) is 15.4 Å². The first-order chi connectivity index (χ1) is 7.72. The van der Waals surface area contributed by atoms with Gasteiger partial charge >= 0.3 is 6.21 Å². The summed E-state index contributed by atoms with van der Waals surface area (Å²) in [6, 6.07) is 9.34. The third-order valence-corrected chi connectivity index (χ3v) is 1.90.